The Bertz CT molecular complexity index is 883. The van der Waals surface area contributed by atoms with E-state index < -0.39 is 0 Å². The number of ether oxygens (including phenoxy) is 1. The summed E-state index contributed by atoms with van der Waals surface area (Å²) in [6.45, 7) is 2.19. The van der Waals surface area contributed by atoms with Gasteiger partial charge in [0.1, 0.15) is 11.5 Å². The second kappa shape index (κ2) is 10.2. The maximum Gasteiger partial charge on any atom is 0.191 e. The minimum atomic E-state index is 0. The fraction of sp³-hybridized carbons (Fsp3) is 0.435. The van der Waals surface area contributed by atoms with Crippen LogP contribution in [0.5, 0.6) is 11.5 Å². The van der Waals surface area contributed by atoms with E-state index in [2.05, 4.69) is 39.9 Å². The normalized spacial score (nSPS) is 15.0. The van der Waals surface area contributed by atoms with E-state index in [1.165, 1.54) is 35.1 Å². The van der Waals surface area contributed by atoms with E-state index in [0.29, 0.717) is 12.3 Å². The molecule has 1 heterocycles. The first-order valence-electron chi connectivity index (χ1n) is 10.3. The van der Waals surface area contributed by atoms with Gasteiger partial charge in [0, 0.05) is 32.1 Å². The van der Waals surface area contributed by atoms with E-state index in [1.807, 2.05) is 6.07 Å². The predicted molar refractivity (Wildman–Crippen MR) is 128 cm³/mol. The summed E-state index contributed by atoms with van der Waals surface area (Å²) >= 11 is 0. The number of aryl methyl sites for hydroxylation is 1. The van der Waals surface area contributed by atoms with Crippen LogP contribution in [0.25, 0.3) is 0 Å². The van der Waals surface area contributed by atoms with Crippen LogP contribution in [0.4, 0.5) is 0 Å². The number of aromatic hydroxyl groups is 1. The summed E-state index contributed by atoms with van der Waals surface area (Å²) in [4.78, 5) is 4.33. The highest BCUT2D eigenvalue weighted by atomic mass is 127. The van der Waals surface area contributed by atoms with Gasteiger partial charge in [0.05, 0.1) is 6.61 Å². The Kier molecular flexibility index (Phi) is 7.64. The third kappa shape index (κ3) is 5.15. The SMILES string of the molecule is CN=C(NCCc1ccc2c(c1)CCO2)NCc1c(O)ccc2c1CCCC2.I. The van der Waals surface area contributed by atoms with Gasteiger partial charge in [0.2, 0.25) is 0 Å². The molecule has 5 nitrogen and oxygen atoms in total. The van der Waals surface area contributed by atoms with E-state index in [9.17, 15) is 5.11 Å². The van der Waals surface area contributed by atoms with Crippen molar-refractivity contribution in [3.8, 4) is 11.5 Å². The van der Waals surface area contributed by atoms with Crippen molar-refractivity contribution < 1.29 is 9.84 Å². The zero-order valence-corrected chi connectivity index (χ0v) is 19.3. The number of phenols is 1. The second-order valence-electron chi connectivity index (χ2n) is 7.55. The van der Waals surface area contributed by atoms with Crippen LogP contribution in [0, 0.1) is 0 Å². The van der Waals surface area contributed by atoms with Crippen molar-refractivity contribution in [2.75, 3.05) is 20.2 Å². The Hall–Kier alpha value is -1.96. The molecule has 156 valence electrons. The van der Waals surface area contributed by atoms with Crippen molar-refractivity contribution in [1.82, 2.24) is 10.6 Å². The minimum Gasteiger partial charge on any atom is -0.508 e. The average molecular weight is 507 g/mol. The molecular formula is C23H30IN3O2. The Morgan fingerprint density at radius 3 is 2.79 bits per heavy atom. The van der Waals surface area contributed by atoms with Crippen LogP contribution in [0.1, 0.15) is 40.7 Å². The zero-order chi connectivity index (χ0) is 19.3. The lowest BCUT2D eigenvalue weighted by Gasteiger charge is -2.21. The number of nitrogens with one attached hydrogen (secondary N) is 2. The van der Waals surface area contributed by atoms with Crippen molar-refractivity contribution in [1.29, 1.82) is 0 Å². The standard InChI is InChI=1S/C23H29N3O2.HI/c1-24-23(25-12-10-16-6-9-22-18(14-16)11-13-28-22)26-15-20-19-5-3-2-4-17(19)7-8-21(20)27;/h6-9,14,27H,2-5,10-13,15H2,1H3,(H2,24,25,26);1H. The van der Waals surface area contributed by atoms with Crippen molar-refractivity contribution in [3.63, 3.8) is 0 Å². The van der Waals surface area contributed by atoms with Gasteiger partial charge >= 0.3 is 0 Å². The molecule has 3 N–H and O–H groups in total. The maximum atomic E-state index is 10.3. The van der Waals surface area contributed by atoms with E-state index in [-0.39, 0.29) is 24.0 Å². The fourth-order valence-corrected chi connectivity index (χ4v) is 4.20. The van der Waals surface area contributed by atoms with Gasteiger partial charge in [-0.25, -0.2) is 0 Å². The van der Waals surface area contributed by atoms with Gasteiger partial charge in [-0.15, -0.1) is 24.0 Å². The molecule has 4 rings (SSSR count). The summed E-state index contributed by atoms with van der Waals surface area (Å²) in [5.74, 6) is 2.17. The van der Waals surface area contributed by atoms with Gasteiger partial charge in [-0.2, -0.15) is 0 Å². The number of phenolic OH excluding ortho intramolecular Hbond substituents is 1. The Morgan fingerprint density at radius 1 is 1.07 bits per heavy atom. The van der Waals surface area contributed by atoms with Crippen LogP contribution in [-0.4, -0.2) is 31.3 Å². The van der Waals surface area contributed by atoms with Crippen LogP contribution < -0.4 is 15.4 Å². The zero-order valence-electron chi connectivity index (χ0n) is 17.0. The molecule has 0 unspecified atom stereocenters. The van der Waals surface area contributed by atoms with Crippen molar-refractivity contribution >= 4 is 29.9 Å². The molecule has 0 saturated heterocycles. The number of fused-ring (bicyclic) bond motifs is 2. The molecule has 29 heavy (non-hydrogen) atoms. The number of benzene rings is 2. The smallest absolute Gasteiger partial charge is 0.191 e. The third-order valence-corrected chi connectivity index (χ3v) is 5.74. The topological polar surface area (TPSA) is 65.9 Å². The quantitative estimate of drug-likeness (QED) is 0.328. The summed E-state index contributed by atoms with van der Waals surface area (Å²) in [5.41, 5.74) is 6.32. The highest BCUT2D eigenvalue weighted by Gasteiger charge is 2.16. The summed E-state index contributed by atoms with van der Waals surface area (Å²) in [5, 5.41) is 17.1. The molecule has 0 saturated carbocycles. The molecule has 0 bridgehead atoms. The molecule has 0 amide bonds. The lowest BCUT2D eigenvalue weighted by Crippen LogP contribution is -2.38. The molecule has 1 aliphatic carbocycles. The Morgan fingerprint density at radius 2 is 1.93 bits per heavy atom. The Balaban J connectivity index is 0.00000240. The van der Waals surface area contributed by atoms with Gasteiger partial charge in [0.25, 0.3) is 0 Å². The largest absolute Gasteiger partial charge is 0.508 e. The first kappa shape index (κ1) is 21.7. The van der Waals surface area contributed by atoms with Gasteiger partial charge in [0.15, 0.2) is 5.96 Å². The highest BCUT2D eigenvalue weighted by Crippen LogP contribution is 2.30. The molecule has 6 heteroatoms. The first-order chi connectivity index (χ1) is 13.7. The van der Waals surface area contributed by atoms with Crippen LogP contribution >= 0.6 is 24.0 Å². The monoisotopic (exact) mass is 507 g/mol. The minimum absolute atomic E-state index is 0. The summed E-state index contributed by atoms with van der Waals surface area (Å²) in [7, 11) is 1.78. The van der Waals surface area contributed by atoms with Crippen LogP contribution in [0.2, 0.25) is 0 Å². The molecule has 0 atom stereocenters. The molecule has 2 aromatic rings. The van der Waals surface area contributed by atoms with Gasteiger partial charge in [-0.05, 0) is 66.5 Å². The lowest BCUT2D eigenvalue weighted by atomic mass is 9.88. The van der Waals surface area contributed by atoms with E-state index in [0.717, 1.165) is 56.1 Å². The number of halogens is 1. The van der Waals surface area contributed by atoms with E-state index >= 15 is 0 Å². The second-order valence-corrected chi connectivity index (χ2v) is 7.55. The predicted octanol–water partition coefficient (Wildman–Crippen LogP) is 3.73. The van der Waals surface area contributed by atoms with Crippen molar-refractivity contribution in [2.45, 2.75) is 45.1 Å². The highest BCUT2D eigenvalue weighted by molar-refractivity contribution is 14.0. The number of aliphatic imine (C=N–C) groups is 1. The van der Waals surface area contributed by atoms with Gasteiger partial charge in [-0.3, -0.25) is 4.99 Å². The van der Waals surface area contributed by atoms with Crippen LogP contribution in [0.3, 0.4) is 0 Å². The van der Waals surface area contributed by atoms with Crippen LogP contribution in [-0.2, 0) is 32.2 Å². The van der Waals surface area contributed by atoms with Crippen molar-refractivity contribution in [3.05, 3.63) is 58.1 Å². The lowest BCUT2D eigenvalue weighted by molar-refractivity contribution is 0.357. The summed E-state index contributed by atoms with van der Waals surface area (Å²) in [6, 6.07) is 10.4. The average Bonchev–Trinajstić information content (AvgIpc) is 3.19. The maximum absolute atomic E-state index is 10.3. The first-order valence-corrected chi connectivity index (χ1v) is 10.3. The number of nitrogens with zero attached hydrogens (tertiary/aromatic N) is 1. The summed E-state index contributed by atoms with van der Waals surface area (Å²) in [6.07, 6.45) is 6.53. The molecular weight excluding hydrogens is 477 g/mol. The molecule has 0 aromatic heterocycles. The number of rotatable bonds is 5. The molecule has 2 aromatic carbocycles. The third-order valence-electron chi connectivity index (χ3n) is 5.74. The van der Waals surface area contributed by atoms with Crippen molar-refractivity contribution in [2.24, 2.45) is 4.99 Å². The van der Waals surface area contributed by atoms with Crippen LogP contribution in [0.15, 0.2) is 35.3 Å². The number of hydrogen-bond acceptors (Lipinski definition) is 3. The van der Waals surface area contributed by atoms with Gasteiger partial charge < -0.3 is 20.5 Å². The van der Waals surface area contributed by atoms with E-state index in [4.69, 9.17) is 4.74 Å². The number of guanidine groups is 1. The van der Waals surface area contributed by atoms with Gasteiger partial charge in [-0.1, -0.05) is 18.2 Å². The molecule has 2 aliphatic rings. The fourth-order valence-electron chi connectivity index (χ4n) is 4.20. The number of hydrogen-bond donors (Lipinski definition) is 3. The summed E-state index contributed by atoms with van der Waals surface area (Å²) < 4.78 is 5.57. The Labute approximate surface area is 190 Å². The molecule has 0 fully saturated rings. The molecule has 0 radical (unpaired) electrons. The van der Waals surface area contributed by atoms with E-state index in [1.54, 1.807) is 7.05 Å². The molecule has 0 spiro atoms. The molecule has 1 aliphatic heterocycles.